The fraction of sp³-hybridized carbons (Fsp3) is 0.500. The minimum absolute atomic E-state index is 0.0599. The number of aliphatic hydroxyl groups excluding tert-OH is 1. The summed E-state index contributed by atoms with van der Waals surface area (Å²) < 4.78 is 0. The monoisotopic (exact) mass is 589 g/mol. The van der Waals surface area contributed by atoms with E-state index in [0.29, 0.717) is 33.6 Å². The van der Waals surface area contributed by atoms with Crippen LogP contribution in [0.4, 0.5) is 10.5 Å². The second-order valence-corrected chi connectivity index (χ2v) is 12.8. The van der Waals surface area contributed by atoms with E-state index in [1.807, 2.05) is 11.0 Å². The van der Waals surface area contributed by atoms with Gasteiger partial charge < -0.3 is 25.7 Å². The number of nitrogens with one attached hydrogen (secondary N) is 2. The van der Waals surface area contributed by atoms with Gasteiger partial charge in [0, 0.05) is 27.3 Å². The van der Waals surface area contributed by atoms with Gasteiger partial charge in [0.2, 0.25) is 0 Å². The van der Waals surface area contributed by atoms with Gasteiger partial charge >= 0.3 is 12.0 Å². The molecular weight excluding hydrogens is 553 g/mol. The molecule has 0 saturated heterocycles. The molecule has 2 aliphatic carbocycles. The first-order chi connectivity index (χ1) is 18.8. The number of fused-ring (bicyclic) bond motifs is 1. The Morgan fingerprint density at radius 3 is 2.25 bits per heavy atom. The Kier molecular flexibility index (Phi) is 9.33. The molecule has 3 amide bonds. The maximum atomic E-state index is 13.9. The van der Waals surface area contributed by atoms with Crippen molar-refractivity contribution in [2.24, 2.45) is 11.3 Å². The first-order valence-electron chi connectivity index (χ1n) is 13.7. The van der Waals surface area contributed by atoms with Gasteiger partial charge in [-0.1, -0.05) is 50.0 Å². The van der Waals surface area contributed by atoms with Crippen molar-refractivity contribution >= 4 is 46.8 Å². The fourth-order valence-electron chi connectivity index (χ4n) is 6.00. The van der Waals surface area contributed by atoms with Crippen LogP contribution in [0.25, 0.3) is 0 Å². The summed E-state index contributed by atoms with van der Waals surface area (Å²) in [5.74, 6) is -1.26. The summed E-state index contributed by atoms with van der Waals surface area (Å²) in [4.78, 5) is 39.3. The minimum Gasteiger partial charge on any atom is -0.479 e. The molecule has 0 bridgehead atoms. The summed E-state index contributed by atoms with van der Waals surface area (Å²) in [6.45, 7) is 6.44. The number of anilines is 1. The average Bonchev–Trinajstić information content (AvgIpc) is 3.29. The lowest BCUT2D eigenvalue weighted by molar-refractivity contribution is -0.146. The first kappa shape index (κ1) is 30.2. The van der Waals surface area contributed by atoms with Crippen LogP contribution in [-0.2, 0) is 11.2 Å². The van der Waals surface area contributed by atoms with E-state index in [2.05, 4.69) is 31.4 Å². The van der Waals surface area contributed by atoms with E-state index in [-0.39, 0.29) is 30.1 Å². The van der Waals surface area contributed by atoms with E-state index >= 15 is 0 Å². The number of aliphatic hydroxyl groups is 1. The van der Waals surface area contributed by atoms with Crippen molar-refractivity contribution in [3.63, 3.8) is 0 Å². The molecule has 0 aromatic heterocycles. The maximum absolute atomic E-state index is 13.9. The number of urea groups is 1. The van der Waals surface area contributed by atoms with E-state index in [0.717, 1.165) is 43.2 Å². The number of aliphatic carboxylic acids is 1. The van der Waals surface area contributed by atoms with Crippen molar-refractivity contribution in [2.75, 3.05) is 11.9 Å². The molecule has 0 radical (unpaired) electrons. The molecule has 40 heavy (non-hydrogen) atoms. The number of hydrogen-bond acceptors (Lipinski definition) is 4. The zero-order chi connectivity index (χ0) is 29.2. The first-order valence-corrected chi connectivity index (χ1v) is 14.5. The van der Waals surface area contributed by atoms with Crippen LogP contribution in [0.1, 0.15) is 80.4 Å². The van der Waals surface area contributed by atoms with Crippen LogP contribution in [0.15, 0.2) is 36.4 Å². The molecule has 4 N–H and O–H groups in total. The highest BCUT2D eigenvalue weighted by atomic mass is 35.5. The molecule has 1 saturated carbocycles. The number of benzene rings is 2. The maximum Gasteiger partial charge on any atom is 0.334 e. The smallest absolute Gasteiger partial charge is 0.334 e. The van der Waals surface area contributed by atoms with Gasteiger partial charge in [0.25, 0.3) is 5.91 Å². The number of carboxylic acids is 1. The SMILES string of the molecule is CC(C)(C)C1CCC(N(C(=O)Nc2cc(Cl)cc(Cl)c2)C2CCc3cc(C(=O)NCC(O)C(=O)O)ccc32)CC1. The fourth-order valence-corrected chi connectivity index (χ4v) is 6.53. The number of amides is 3. The quantitative estimate of drug-likeness (QED) is 0.302. The summed E-state index contributed by atoms with van der Waals surface area (Å²) >= 11 is 12.4. The Bertz CT molecular complexity index is 1250. The van der Waals surface area contributed by atoms with Gasteiger partial charge in [-0.05, 0) is 91.3 Å². The van der Waals surface area contributed by atoms with Crippen LogP contribution in [0.5, 0.6) is 0 Å². The van der Waals surface area contributed by atoms with Crippen molar-refractivity contribution in [3.8, 4) is 0 Å². The minimum atomic E-state index is -1.67. The lowest BCUT2D eigenvalue weighted by Crippen LogP contribution is -2.47. The van der Waals surface area contributed by atoms with E-state index < -0.39 is 18.0 Å². The molecule has 4 rings (SSSR count). The van der Waals surface area contributed by atoms with Gasteiger partial charge in [-0.15, -0.1) is 0 Å². The Morgan fingerprint density at radius 1 is 1.00 bits per heavy atom. The second kappa shape index (κ2) is 12.4. The second-order valence-electron chi connectivity index (χ2n) is 11.9. The third-order valence-electron chi connectivity index (χ3n) is 8.19. The third-order valence-corrected chi connectivity index (χ3v) is 8.63. The van der Waals surface area contributed by atoms with Gasteiger partial charge in [-0.25, -0.2) is 9.59 Å². The highest BCUT2D eigenvalue weighted by Crippen LogP contribution is 2.44. The van der Waals surface area contributed by atoms with Gasteiger partial charge in [-0.2, -0.15) is 0 Å². The number of rotatable bonds is 7. The van der Waals surface area contributed by atoms with Crippen molar-refractivity contribution < 1.29 is 24.6 Å². The van der Waals surface area contributed by atoms with Crippen molar-refractivity contribution in [3.05, 3.63) is 63.1 Å². The van der Waals surface area contributed by atoms with Crippen LogP contribution in [0.2, 0.25) is 10.0 Å². The third kappa shape index (κ3) is 7.09. The number of carbonyl (C=O) groups is 3. The van der Waals surface area contributed by atoms with E-state index in [1.54, 1.807) is 30.3 Å². The summed E-state index contributed by atoms with van der Waals surface area (Å²) in [6.07, 6.45) is 3.65. The Hall–Kier alpha value is -2.81. The lowest BCUT2D eigenvalue weighted by Gasteiger charge is -2.43. The zero-order valence-corrected chi connectivity index (χ0v) is 24.6. The van der Waals surface area contributed by atoms with Crippen LogP contribution in [0.3, 0.4) is 0 Å². The standard InChI is InChI=1S/C30H37Cl2N3O5/c1-30(2,3)19-6-8-23(9-7-19)35(29(40)34-22-14-20(31)13-21(32)15-22)25-11-5-17-12-18(4-10-24(17)25)27(37)33-16-26(36)28(38)39/h4,10,12-15,19,23,25-26,36H,5-9,11,16H2,1-3H3,(H,33,37)(H,34,40)(H,38,39). The van der Waals surface area contributed by atoms with Crippen molar-refractivity contribution in [2.45, 2.75) is 77.5 Å². The average molecular weight is 591 g/mol. The number of carboxylic acid groups (broad SMARTS) is 1. The van der Waals surface area contributed by atoms with Gasteiger partial charge in [0.1, 0.15) is 0 Å². The molecule has 0 spiro atoms. The predicted molar refractivity (Wildman–Crippen MR) is 156 cm³/mol. The highest BCUT2D eigenvalue weighted by Gasteiger charge is 2.39. The lowest BCUT2D eigenvalue weighted by atomic mass is 9.71. The van der Waals surface area contributed by atoms with Crippen molar-refractivity contribution in [1.82, 2.24) is 10.2 Å². The number of nitrogens with zero attached hydrogens (tertiary/aromatic N) is 1. The molecule has 10 heteroatoms. The number of hydrogen-bond donors (Lipinski definition) is 4. The molecule has 0 aliphatic heterocycles. The van der Waals surface area contributed by atoms with Crippen LogP contribution >= 0.6 is 23.2 Å². The van der Waals surface area contributed by atoms with Crippen molar-refractivity contribution in [1.29, 1.82) is 0 Å². The summed E-state index contributed by atoms with van der Waals surface area (Å²) in [5, 5.41) is 24.7. The topological polar surface area (TPSA) is 119 Å². The molecule has 216 valence electrons. The van der Waals surface area contributed by atoms with Gasteiger partial charge in [0.05, 0.1) is 12.6 Å². The van der Waals surface area contributed by atoms with Crippen LogP contribution < -0.4 is 10.6 Å². The summed E-state index contributed by atoms with van der Waals surface area (Å²) in [7, 11) is 0. The molecule has 0 heterocycles. The van der Waals surface area contributed by atoms with E-state index in [9.17, 15) is 19.5 Å². The van der Waals surface area contributed by atoms with E-state index in [4.69, 9.17) is 28.3 Å². The van der Waals surface area contributed by atoms with Gasteiger partial charge in [0.15, 0.2) is 6.10 Å². The Labute approximate surface area is 245 Å². The molecule has 2 atom stereocenters. The zero-order valence-electron chi connectivity index (χ0n) is 23.0. The molecule has 1 fully saturated rings. The van der Waals surface area contributed by atoms with E-state index in [1.165, 1.54) is 0 Å². The normalized spacial score (nSPS) is 21.3. The molecule has 2 aromatic rings. The van der Waals surface area contributed by atoms with Gasteiger partial charge in [-0.3, -0.25) is 4.79 Å². The van der Waals surface area contributed by atoms with Crippen LogP contribution in [0, 0.1) is 11.3 Å². The number of halogens is 2. The molecule has 8 nitrogen and oxygen atoms in total. The highest BCUT2D eigenvalue weighted by molar-refractivity contribution is 6.35. The largest absolute Gasteiger partial charge is 0.479 e. The number of aryl methyl sites for hydroxylation is 1. The summed E-state index contributed by atoms with van der Waals surface area (Å²) in [5.41, 5.74) is 3.10. The number of carbonyl (C=O) groups excluding carboxylic acids is 2. The predicted octanol–water partition coefficient (Wildman–Crippen LogP) is 6.30. The molecule has 2 aliphatic rings. The Balaban J connectivity index is 1.57. The molecule has 2 unspecified atom stereocenters. The Morgan fingerprint density at radius 2 is 1.65 bits per heavy atom. The van der Waals surface area contributed by atoms with Crippen LogP contribution in [-0.4, -0.2) is 51.7 Å². The molecule has 2 aromatic carbocycles. The summed E-state index contributed by atoms with van der Waals surface area (Å²) in [6, 6.07) is 10.0. The molecular formula is C30H37Cl2N3O5.